The number of hydrogen-bond acceptors (Lipinski definition) is 2. The van der Waals surface area contributed by atoms with Crippen molar-refractivity contribution in [1.29, 1.82) is 0 Å². The number of nitrogens with zero attached hydrogens (tertiary/aromatic N) is 1. The van der Waals surface area contributed by atoms with Crippen molar-refractivity contribution in [2.24, 2.45) is 0 Å². The topological polar surface area (TPSA) is 24.9 Å². The molecule has 1 aromatic heterocycles. The van der Waals surface area contributed by atoms with Crippen LogP contribution < -0.4 is 5.32 Å². The molecule has 2 aromatic rings. The first-order valence-electron chi connectivity index (χ1n) is 5.74. The van der Waals surface area contributed by atoms with Gasteiger partial charge in [-0.3, -0.25) is 4.98 Å². The third-order valence-corrected chi connectivity index (χ3v) is 3.72. The van der Waals surface area contributed by atoms with Gasteiger partial charge in [0.25, 0.3) is 0 Å². The van der Waals surface area contributed by atoms with Crippen LogP contribution in [0.3, 0.4) is 0 Å². The van der Waals surface area contributed by atoms with Crippen molar-refractivity contribution >= 4 is 15.9 Å². The molecule has 0 spiro atoms. The molecule has 0 aliphatic heterocycles. The lowest BCUT2D eigenvalue weighted by atomic mass is 10.1. The summed E-state index contributed by atoms with van der Waals surface area (Å²) in [6, 6.07) is 9.20. The molecule has 1 N–H and O–H groups in total. The number of nitrogens with one attached hydrogen (secondary N) is 1. The Labute approximate surface area is 114 Å². The molecule has 1 aromatic carbocycles. The summed E-state index contributed by atoms with van der Waals surface area (Å²) < 4.78 is 13.9. The molecule has 0 aliphatic carbocycles. The fourth-order valence-electron chi connectivity index (χ4n) is 1.72. The van der Waals surface area contributed by atoms with E-state index >= 15 is 0 Å². The summed E-state index contributed by atoms with van der Waals surface area (Å²) in [5, 5.41) is 3.36. The van der Waals surface area contributed by atoms with Crippen LogP contribution in [0.5, 0.6) is 0 Å². The largest absolute Gasteiger partial charge is 0.306 e. The van der Waals surface area contributed by atoms with E-state index in [4.69, 9.17) is 0 Å². The number of pyridine rings is 1. The Morgan fingerprint density at radius 2 is 2.00 bits per heavy atom. The maximum atomic E-state index is 13.3. The predicted octanol–water partition coefficient (Wildman–Crippen LogP) is 3.83. The van der Waals surface area contributed by atoms with Gasteiger partial charge in [0.1, 0.15) is 5.82 Å². The van der Waals surface area contributed by atoms with E-state index in [0.717, 1.165) is 11.1 Å². The summed E-state index contributed by atoms with van der Waals surface area (Å²) in [4.78, 5) is 3.99. The third kappa shape index (κ3) is 3.15. The van der Waals surface area contributed by atoms with Gasteiger partial charge in [-0.1, -0.05) is 12.1 Å². The standard InChI is InChI=1S/C14H14BrFN2/c1-10(11-5-7-17-8-6-11)18-9-12-3-2-4-13(16)14(12)15/h2-8,10,18H,9H2,1H3/t10-/m1/s1. The second-order valence-electron chi connectivity index (χ2n) is 4.10. The number of benzene rings is 1. The highest BCUT2D eigenvalue weighted by Gasteiger charge is 2.08. The molecule has 0 unspecified atom stereocenters. The van der Waals surface area contributed by atoms with Crippen molar-refractivity contribution in [2.45, 2.75) is 19.5 Å². The molecule has 0 amide bonds. The molecule has 1 heterocycles. The summed E-state index contributed by atoms with van der Waals surface area (Å²) >= 11 is 3.26. The van der Waals surface area contributed by atoms with Crippen molar-refractivity contribution in [2.75, 3.05) is 0 Å². The van der Waals surface area contributed by atoms with Gasteiger partial charge < -0.3 is 5.32 Å². The van der Waals surface area contributed by atoms with E-state index in [9.17, 15) is 4.39 Å². The van der Waals surface area contributed by atoms with Gasteiger partial charge in [0, 0.05) is 25.0 Å². The summed E-state index contributed by atoms with van der Waals surface area (Å²) in [7, 11) is 0. The van der Waals surface area contributed by atoms with Crippen LogP contribution in [0.25, 0.3) is 0 Å². The fraction of sp³-hybridized carbons (Fsp3) is 0.214. The SMILES string of the molecule is C[C@@H](NCc1cccc(F)c1Br)c1ccncc1. The molecule has 4 heteroatoms. The number of halogens is 2. The van der Waals surface area contributed by atoms with Gasteiger partial charge in [-0.2, -0.15) is 0 Å². The Kier molecular flexibility index (Phi) is 4.44. The van der Waals surface area contributed by atoms with Gasteiger partial charge in [0.15, 0.2) is 0 Å². The Morgan fingerprint density at radius 1 is 1.28 bits per heavy atom. The van der Waals surface area contributed by atoms with Crippen LogP contribution in [0.15, 0.2) is 47.2 Å². The Bertz CT molecular complexity index is 516. The molecule has 0 fully saturated rings. The lowest BCUT2D eigenvalue weighted by molar-refractivity contribution is 0.566. The molecule has 0 bridgehead atoms. The zero-order valence-corrected chi connectivity index (χ0v) is 11.6. The minimum absolute atomic E-state index is 0.197. The van der Waals surface area contributed by atoms with Crippen LogP contribution in [0.2, 0.25) is 0 Å². The third-order valence-electron chi connectivity index (χ3n) is 2.84. The molecule has 0 saturated carbocycles. The predicted molar refractivity (Wildman–Crippen MR) is 73.6 cm³/mol. The first-order chi connectivity index (χ1) is 8.68. The van der Waals surface area contributed by atoms with Crippen molar-refractivity contribution in [1.82, 2.24) is 10.3 Å². The maximum absolute atomic E-state index is 13.3. The van der Waals surface area contributed by atoms with Gasteiger partial charge in [0.05, 0.1) is 4.47 Å². The molecular formula is C14H14BrFN2. The number of hydrogen-bond donors (Lipinski definition) is 1. The minimum Gasteiger partial charge on any atom is -0.306 e. The van der Waals surface area contributed by atoms with Crippen LogP contribution in [0, 0.1) is 5.82 Å². The summed E-state index contributed by atoms with van der Waals surface area (Å²) in [5.74, 6) is -0.231. The highest BCUT2D eigenvalue weighted by Crippen LogP contribution is 2.21. The van der Waals surface area contributed by atoms with Gasteiger partial charge >= 0.3 is 0 Å². The fourth-order valence-corrected chi connectivity index (χ4v) is 2.12. The van der Waals surface area contributed by atoms with Crippen LogP contribution in [-0.4, -0.2) is 4.98 Å². The van der Waals surface area contributed by atoms with E-state index in [1.54, 1.807) is 18.5 Å². The maximum Gasteiger partial charge on any atom is 0.137 e. The first-order valence-corrected chi connectivity index (χ1v) is 6.54. The summed E-state index contributed by atoms with van der Waals surface area (Å²) in [5.41, 5.74) is 2.08. The smallest absolute Gasteiger partial charge is 0.137 e. The van der Waals surface area contributed by atoms with E-state index < -0.39 is 0 Å². The average Bonchev–Trinajstić information content (AvgIpc) is 2.41. The zero-order chi connectivity index (χ0) is 13.0. The second-order valence-corrected chi connectivity index (χ2v) is 4.89. The average molecular weight is 309 g/mol. The minimum atomic E-state index is -0.231. The molecule has 1 atom stereocenters. The van der Waals surface area contributed by atoms with E-state index in [-0.39, 0.29) is 11.9 Å². The van der Waals surface area contributed by atoms with E-state index in [1.807, 2.05) is 18.2 Å². The van der Waals surface area contributed by atoms with Crippen LogP contribution in [0.4, 0.5) is 4.39 Å². The van der Waals surface area contributed by atoms with Crippen molar-refractivity contribution in [3.8, 4) is 0 Å². The van der Waals surface area contributed by atoms with Crippen LogP contribution in [0.1, 0.15) is 24.1 Å². The highest BCUT2D eigenvalue weighted by molar-refractivity contribution is 9.10. The van der Waals surface area contributed by atoms with Crippen molar-refractivity contribution in [3.63, 3.8) is 0 Å². The van der Waals surface area contributed by atoms with E-state index in [0.29, 0.717) is 11.0 Å². The molecular weight excluding hydrogens is 295 g/mol. The molecule has 0 radical (unpaired) electrons. The lowest BCUT2D eigenvalue weighted by Crippen LogP contribution is -2.18. The zero-order valence-electron chi connectivity index (χ0n) is 10.0. The lowest BCUT2D eigenvalue weighted by Gasteiger charge is -2.14. The Hall–Kier alpha value is -1.26. The second kappa shape index (κ2) is 6.07. The van der Waals surface area contributed by atoms with Gasteiger partial charge in [-0.15, -0.1) is 0 Å². The van der Waals surface area contributed by atoms with E-state index in [2.05, 4.69) is 33.2 Å². The number of aromatic nitrogens is 1. The normalized spacial score (nSPS) is 12.4. The molecule has 0 aliphatic rings. The number of rotatable bonds is 4. The van der Waals surface area contributed by atoms with Gasteiger partial charge in [-0.25, -0.2) is 4.39 Å². The summed E-state index contributed by atoms with van der Waals surface area (Å²) in [6.45, 7) is 2.68. The molecule has 2 rings (SSSR count). The van der Waals surface area contributed by atoms with Gasteiger partial charge in [0.2, 0.25) is 0 Å². The van der Waals surface area contributed by atoms with Crippen LogP contribution >= 0.6 is 15.9 Å². The molecule has 2 nitrogen and oxygen atoms in total. The Balaban J connectivity index is 2.02. The van der Waals surface area contributed by atoms with Gasteiger partial charge in [-0.05, 0) is 52.2 Å². The van der Waals surface area contributed by atoms with Crippen molar-refractivity contribution in [3.05, 3.63) is 64.1 Å². The molecule has 94 valence electrons. The first kappa shape index (κ1) is 13.2. The summed E-state index contributed by atoms with van der Waals surface area (Å²) in [6.07, 6.45) is 3.54. The van der Waals surface area contributed by atoms with Crippen LogP contribution in [-0.2, 0) is 6.54 Å². The Morgan fingerprint density at radius 3 is 2.72 bits per heavy atom. The molecule has 0 saturated heterocycles. The van der Waals surface area contributed by atoms with E-state index in [1.165, 1.54) is 6.07 Å². The quantitative estimate of drug-likeness (QED) is 0.928. The molecule has 18 heavy (non-hydrogen) atoms. The van der Waals surface area contributed by atoms with Crippen molar-refractivity contribution < 1.29 is 4.39 Å². The highest BCUT2D eigenvalue weighted by atomic mass is 79.9. The monoisotopic (exact) mass is 308 g/mol.